The van der Waals surface area contributed by atoms with Crippen molar-refractivity contribution in [3.05, 3.63) is 24.3 Å². The Labute approximate surface area is 150 Å². The van der Waals surface area contributed by atoms with Crippen LogP contribution in [0.3, 0.4) is 0 Å². The molecule has 4 aliphatic rings. The van der Waals surface area contributed by atoms with Crippen LogP contribution in [-0.4, -0.2) is 0 Å². The molecule has 24 heavy (non-hydrogen) atoms. The van der Waals surface area contributed by atoms with Crippen LogP contribution in [0.4, 0.5) is 0 Å². The molecular formula is C24H38. The van der Waals surface area contributed by atoms with Crippen LogP contribution in [0.2, 0.25) is 0 Å². The number of hydrogen-bond donors (Lipinski definition) is 0. The summed E-state index contributed by atoms with van der Waals surface area (Å²) >= 11 is 0. The smallest absolute Gasteiger partial charge is 0.0146 e. The lowest BCUT2D eigenvalue weighted by Crippen LogP contribution is -2.52. The second kappa shape index (κ2) is 6.03. The first-order valence-electron chi connectivity index (χ1n) is 10.8. The van der Waals surface area contributed by atoms with Gasteiger partial charge in [0.15, 0.2) is 0 Å². The second-order valence-corrected chi connectivity index (χ2v) is 10.2. The Morgan fingerprint density at radius 3 is 2.46 bits per heavy atom. The van der Waals surface area contributed by atoms with Gasteiger partial charge in [-0.25, -0.2) is 0 Å². The van der Waals surface area contributed by atoms with Crippen LogP contribution in [0, 0.1) is 40.4 Å². The lowest BCUT2D eigenvalue weighted by Gasteiger charge is -2.60. The molecule has 0 aromatic carbocycles. The summed E-state index contributed by atoms with van der Waals surface area (Å²) in [4.78, 5) is 0. The molecule has 0 amide bonds. The summed E-state index contributed by atoms with van der Waals surface area (Å²) in [5.41, 5.74) is 2.86. The Morgan fingerprint density at radius 2 is 1.67 bits per heavy atom. The average Bonchev–Trinajstić information content (AvgIpc) is 2.92. The number of allylic oxidation sites excluding steroid dienone is 3. The van der Waals surface area contributed by atoms with E-state index in [2.05, 4.69) is 33.4 Å². The predicted molar refractivity (Wildman–Crippen MR) is 104 cm³/mol. The van der Waals surface area contributed by atoms with Gasteiger partial charge >= 0.3 is 0 Å². The fourth-order valence-corrected chi connectivity index (χ4v) is 8.35. The molecule has 4 rings (SSSR count). The van der Waals surface area contributed by atoms with Crippen molar-refractivity contribution in [3.63, 3.8) is 0 Å². The van der Waals surface area contributed by atoms with Crippen molar-refractivity contribution in [2.75, 3.05) is 0 Å². The summed E-state index contributed by atoms with van der Waals surface area (Å²) < 4.78 is 0. The molecule has 0 spiro atoms. The maximum absolute atomic E-state index is 3.94. The summed E-state index contributed by atoms with van der Waals surface area (Å²) in [7, 11) is 0. The maximum Gasteiger partial charge on any atom is -0.0146 e. The normalized spacial score (nSPS) is 51.5. The molecule has 0 heterocycles. The summed E-state index contributed by atoms with van der Waals surface area (Å²) in [6.45, 7) is 11.7. The minimum absolute atomic E-state index is 0.572. The first-order chi connectivity index (χ1) is 11.5. The highest BCUT2D eigenvalue weighted by Crippen LogP contribution is 2.68. The molecule has 0 aromatic heterocycles. The van der Waals surface area contributed by atoms with Crippen LogP contribution in [0.5, 0.6) is 0 Å². The molecule has 0 saturated heterocycles. The van der Waals surface area contributed by atoms with Gasteiger partial charge in [0.1, 0.15) is 0 Å². The van der Waals surface area contributed by atoms with Gasteiger partial charge in [0, 0.05) is 0 Å². The highest BCUT2D eigenvalue weighted by Gasteiger charge is 2.59. The molecular weight excluding hydrogens is 288 g/mol. The average molecular weight is 327 g/mol. The van der Waals surface area contributed by atoms with Crippen molar-refractivity contribution >= 4 is 0 Å². The largest absolute Gasteiger partial charge is 0.0991 e. The summed E-state index contributed by atoms with van der Waals surface area (Å²) in [6, 6.07) is 0. The number of fused-ring (bicyclic) bond motifs is 5. The van der Waals surface area contributed by atoms with E-state index in [1.165, 1.54) is 57.8 Å². The third kappa shape index (κ3) is 2.31. The van der Waals surface area contributed by atoms with E-state index in [0.29, 0.717) is 10.8 Å². The Bertz CT molecular complexity index is 528. The van der Waals surface area contributed by atoms with E-state index in [1.54, 1.807) is 12.0 Å². The predicted octanol–water partition coefficient (Wildman–Crippen LogP) is 7.17. The Balaban J connectivity index is 1.61. The van der Waals surface area contributed by atoms with Gasteiger partial charge in [-0.3, -0.25) is 0 Å². The second-order valence-electron chi connectivity index (χ2n) is 10.2. The molecule has 0 nitrogen and oxygen atoms in total. The Morgan fingerprint density at radius 1 is 0.875 bits per heavy atom. The van der Waals surface area contributed by atoms with Gasteiger partial charge in [-0.15, -0.1) is 0 Å². The zero-order chi connectivity index (χ0) is 16.9. The molecule has 4 fully saturated rings. The van der Waals surface area contributed by atoms with Crippen LogP contribution in [-0.2, 0) is 0 Å². The van der Waals surface area contributed by atoms with E-state index in [9.17, 15) is 0 Å². The topological polar surface area (TPSA) is 0 Å². The minimum Gasteiger partial charge on any atom is -0.0991 e. The summed E-state index contributed by atoms with van der Waals surface area (Å²) in [5.74, 6) is 4.94. The highest BCUT2D eigenvalue weighted by atomic mass is 14.6. The number of rotatable bonds is 2. The van der Waals surface area contributed by atoms with Gasteiger partial charge in [-0.2, -0.15) is 0 Å². The van der Waals surface area contributed by atoms with Gasteiger partial charge in [0.25, 0.3) is 0 Å². The van der Waals surface area contributed by atoms with Gasteiger partial charge in [-0.05, 0) is 98.7 Å². The first kappa shape index (κ1) is 16.9. The minimum atomic E-state index is 0.572. The van der Waals surface area contributed by atoms with E-state index in [0.717, 1.165) is 29.6 Å². The molecule has 0 aromatic rings. The number of hydrogen-bond acceptors (Lipinski definition) is 0. The van der Waals surface area contributed by atoms with E-state index < -0.39 is 0 Å². The molecule has 0 aliphatic heterocycles. The SMILES string of the molecule is C=CC=C(C)[C@H]1CC[C@H]2[C@@H]3CCC4CCCC[C@]4(C)[C@H]3CC[C@]12C. The van der Waals surface area contributed by atoms with E-state index in [4.69, 9.17) is 0 Å². The third-order valence-corrected chi connectivity index (χ3v) is 9.51. The van der Waals surface area contributed by atoms with Crippen LogP contribution in [0.15, 0.2) is 24.3 Å². The standard InChI is InChI=1S/C24H38/c1-5-8-17(2)20-12-13-21-19-11-10-18-9-6-7-15-23(18,3)22(19)14-16-24(20,21)4/h5,8,18-22H,1,6-7,9-16H2,2-4H3/t18?,19-,20+,21-,22-,23-,24+/m0/s1. The summed E-state index contributed by atoms with van der Waals surface area (Å²) in [6.07, 6.45) is 19.4. The van der Waals surface area contributed by atoms with Gasteiger partial charge in [0.2, 0.25) is 0 Å². The Hall–Kier alpha value is -0.520. The van der Waals surface area contributed by atoms with Crippen molar-refractivity contribution in [1.82, 2.24) is 0 Å². The zero-order valence-corrected chi connectivity index (χ0v) is 16.3. The fraction of sp³-hybridized carbons (Fsp3) is 0.833. The Kier molecular flexibility index (Phi) is 4.25. The van der Waals surface area contributed by atoms with Crippen LogP contribution in [0.25, 0.3) is 0 Å². The highest BCUT2D eigenvalue weighted by molar-refractivity contribution is 5.19. The third-order valence-electron chi connectivity index (χ3n) is 9.51. The zero-order valence-electron chi connectivity index (χ0n) is 16.3. The first-order valence-corrected chi connectivity index (χ1v) is 10.8. The van der Waals surface area contributed by atoms with Crippen LogP contribution >= 0.6 is 0 Å². The van der Waals surface area contributed by atoms with Gasteiger partial charge in [0.05, 0.1) is 0 Å². The molecule has 0 N–H and O–H groups in total. The van der Waals surface area contributed by atoms with Crippen molar-refractivity contribution in [1.29, 1.82) is 0 Å². The lowest BCUT2D eigenvalue weighted by atomic mass is 9.44. The summed E-state index contributed by atoms with van der Waals surface area (Å²) in [5, 5.41) is 0. The molecule has 0 bridgehead atoms. The van der Waals surface area contributed by atoms with Gasteiger partial charge in [-0.1, -0.05) is 51.0 Å². The molecule has 4 aliphatic carbocycles. The monoisotopic (exact) mass is 326 g/mol. The molecule has 7 atom stereocenters. The molecule has 0 radical (unpaired) electrons. The fourth-order valence-electron chi connectivity index (χ4n) is 8.35. The quantitative estimate of drug-likeness (QED) is 0.472. The van der Waals surface area contributed by atoms with Crippen LogP contribution in [0.1, 0.15) is 85.0 Å². The molecule has 4 saturated carbocycles. The lowest BCUT2D eigenvalue weighted by molar-refractivity contribution is -0.108. The molecule has 0 heteroatoms. The van der Waals surface area contributed by atoms with E-state index in [1.807, 2.05) is 6.08 Å². The molecule has 1 unspecified atom stereocenters. The van der Waals surface area contributed by atoms with Crippen molar-refractivity contribution in [2.24, 2.45) is 40.4 Å². The van der Waals surface area contributed by atoms with Crippen molar-refractivity contribution in [3.8, 4) is 0 Å². The van der Waals surface area contributed by atoms with Crippen LogP contribution < -0.4 is 0 Å². The maximum atomic E-state index is 3.94. The van der Waals surface area contributed by atoms with E-state index >= 15 is 0 Å². The van der Waals surface area contributed by atoms with Crippen molar-refractivity contribution < 1.29 is 0 Å². The molecule has 134 valence electrons. The van der Waals surface area contributed by atoms with E-state index in [-0.39, 0.29) is 0 Å². The van der Waals surface area contributed by atoms with Gasteiger partial charge < -0.3 is 0 Å². The van der Waals surface area contributed by atoms with Crippen molar-refractivity contribution in [2.45, 2.75) is 85.0 Å².